The number of ether oxygens (including phenoxy) is 1. The quantitative estimate of drug-likeness (QED) is 0.502. The summed E-state index contributed by atoms with van der Waals surface area (Å²) in [6.07, 6.45) is -0.0621. The molecule has 5 nitrogen and oxygen atoms in total. The molecule has 1 N–H and O–H groups in total. The Hall–Kier alpha value is -3.12. The average molecular weight is 493 g/mol. The number of fused-ring (bicyclic) bond motifs is 1. The number of hydrogen-bond acceptors (Lipinski definition) is 3. The normalized spacial score (nSPS) is 15.1. The first-order chi connectivity index (χ1) is 15.4. The molecule has 0 radical (unpaired) electrons. The van der Waals surface area contributed by atoms with Gasteiger partial charge < -0.3 is 10.1 Å². The van der Waals surface area contributed by atoms with Gasteiger partial charge in [-0.15, -0.1) is 0 Å². The molecular weight excluding hydrogens is 468 g/mol. The van der Waals surface area contributed by atoms with Crippen molar-refractivity contribution in [3.05, 3.63) is 99.0 Å². The summed E-state index contributed by atoms with van der Waals surface area (Å²) in [6.45, 7) is 4.51. The maximum absolute atomic E-state index is 13.3. The topological polar surface area (TPSA) is 58.6 Å². The van der Waals surface area contributed by atoms with Gasteiger partial charge in [-0.2, -0.15) is 0 Å². The molecular formula is C26H25BrN2O3. The van der Waals surface area contributed by atoms with Gasteiger partial charge in [0.25, 0.3) is 0 Å². The predicted octanol–water partition coefficient (Wildman–Crippen LogP) is 5.77. The molecule has 4 rings (SSSR count). The zero-order valence-electron chi connectivity index (χ0n) is 18.1. The molecule has 6 heteroatoms. The lowest BCUT2D eigenvalue weighted by atomic mass is 9.93. The van der Waals surface area contributed by atoms with E-state index in [2.05, 4.69) is 21.2 Å². The monoisotopic (exact) mass is 492 g/mol. The van der Waals surface area contributed by atoms with Crippen molar-refractivity contribution in [3.63, 3.8) is 0 Å². The number of carbonyl (C=O) groups is 2. The average Bonchev–Trinajstić information content (AvgIpc) is 2.80. The van der Waals surface area contributed by atoms with Crippen LogP contribution in [0.4, 0.5) is 10.5 Å². The number of halogens is 1. The van der Waals surface area contributed by atoms with Crippen molar-refractivity contribution in [2.75, 3.05) is 5.32 Å². The summed E-state index contributed by atoms with van der Waals surface area (Å²) in [5, 5.41) is 3.00. The lowest BCUT2D eigenvalue weighted by Gasteiger charge is -2.35. The first kappa shape index (κ1) is 22.1. The van der Waals surface area contributed by atoms with Gasteiger partial charge in [-0.25, -0.2) is 4.79 Å². The van der Waals surface area contributed by atoms with Crippen molar-refractivity contribution < 1.29 is 14.3 Å². The van der Waals surface area contributed by atoms with Crippen molar-refractivity contribution >= 4 is 33.6 Å². The van der Waals surface area contributed by atoms with Crippen LogP contribution in [-0.4, -0.2) is 22.9 Å². The summed E-state index contributed by atoms with van der Waals surface area (Å²) in [5.41, 5.74) is 5.90. The molecule has 1 aliphatic rings. The Labute approximate surface area is 196 Å². The van der Waals surface area contributed by atoms with Gasteiger partial charge in [-0.05, 0) is 69.7 Å². The highest BCUT2D eigenvalue weighted by Gasteiger charge is 2.35. The molecule has 32 heavy (non-hydrogen) atoms. The lowest BCUT2D eigenvalue weighted by molar-refractivity contribution is -0.121. The molecule has 0 aliphatic carbocycles. The van der Waals surface area contributed by atoms with Gasteiger partial charge in [-0.3, -0.25) is 9.69 Å². The Kier molecular flexibility index (Phi) is 6.61. The third-order valence-corrected chi connectivity index (χ3v) is 6.49. The van der Waals surface area contributed by atoms with Crippen LogP contribution in [0.3, 0.4) is 0 Å². The minimum Gasteiger partial charge on any atom is -0.445 e. The molecule has 1 heterocycles. The van der Waals surface area contributed by atoms with E-state index in [-0.39, 0.29) is 12.5 Å². The van der Waals surface area contributed by atoms with Crippen LogP contribution in [0.15, 0.2) is 71.2 Å². The first-order valence-corrected chi connectivity index (χ1v) is 11.3. The summed E-state index contributed by atoms with van der Waals surface area (Å²) in [4.78, 5) is 27.9. The second kappa shape index (κ2) is 9.57. The molecule has 0 saturated heterocycles. The minimum atomic E-state index is -0.665. The third-order valence-electron chi connectivity index (χ3n) is 5.83. The number of amides is 2. The van der Waals surface area contributed by atoms with Crippen LogP contribution in [0.2, 0.25) is 0 Å². The molecule has 1 atom stereocenters. The van der Waals surface area contributed by atoms with Gasteiger partial charge in [0.15, 0.2) is 0 Å². The van der Waals surface area contributed by atoms with E-state index < -0.39 is 12.1 Å². The van der Waals surface area contributed by atoms with Crippen LogP contribution in [0.1, 0.15) is 27.8 Å². The smallest absolute Gasteiger partial charge is 0.411 e. The number of anilines is 1. The number of benzene rings is 3. The van der Waals surface area contributed by atoms with E-state index in [1.807, 2.05) is 80.6 Å². The zero-order valence-corrected chi connectivity index (χ0v) is 19.7. The fourth-order valence-electron chi connectivity index (χ4n) is 3.84. The second-order valence-electron chi connectivity index (χ2n) is 8.06. The lowest BCUT2D eigenvalue weighted by Crippen LogP contribution is -2.50. The van der Waals surface area contributed by atoms with E-state index in [9.17, 15) is 9.59 Å². The van der Waals surface area contributed by atoms with E-state index >= 15 is 0 Å². The largest absolute Gasteiger partial charge is 0.445 e. The van der Waals surface area contributed by atoms with Crippen LogP contribution >= 0.6 is 15.9 Å². The molecule has 1 aliphatic heterocycles. The van der Waals surface area contributed by atoms with Gasteiger partial charge >= 0.3 is 6.09 Å². The van der Waals surface area contributed by atoms with E-state index in [1.54, 1.807) is 0 Å². The van der Waals surface area contributed by atoms with Crippen LogP contribution in [-0.2, 0) is 29.1 Å². The van der Waals surface area contributed by atoms with E-state index in [4.69, 9.17) is 4.74 Å². The highest BCUT2D eigenvalue weighted by atomic mass is 79.9. The Morgan fingerprint density at radius 2 is 1.66 bits per heavy atom. The van der Waals surface area contributed by atoms with E-state index in [0.29, 0.717) is 18.7 Å². The molecule has 0 fully saturated rings. The Balaban J connectivity index is 1.56. The minimum absolute atomic E-state index is 0.162. The molecule has 0 bridgehead atoms. The van der Waals surface area contributed by atoms with Crippen LogP contribution in [0, 0.1) is 13.8 Å². The van der Waals surface area contributed by atoms with E-state index in [1.165, 1.54) is 4.90 Å². The summed E-state index contributed by atoms with van der Waals surface area (Å²) in [6, 6.07) is 20.7. The van der Waals surface area contributed by atoms with Crippen molar-refractivity contribution in [1.29, 1.82) is 0 Å². The van der Waals surface area contributed by atoms with Gasteiger partial charge in [-0.1, -0.05) is 54.6 Å². The second-order valence-corrected chi connectivity index (χ2v) is 8.92. The molecule has 0 spiro atoms. The maximum Gasteiger partial charge on any atom is 0.411 e. The van der Waals surface area contributed by atoms with Crippen molar-refractivity contribution in [2.24, 2.45) is 0 Å². The molecule has 164 valence electrons. The van der Waals surface area contributed by atoms with Gasteiger partial charge in [0.05, 0.1) is 12.2 Å². The highest BCUT2D eigenvalue weighted by Crippen LogP contribution is 2.29. The molecule has 2 amide bonds. The number of aryl methyl sites for hydroxylation is 2. The highest BCUT2D eigenvalue weighted by molar-refractivity contribution is 9.10. The Morgan fingerprint density at radius 3 is 2.41 bits per heavy atom. The molecule has 0 saturated carbocycles. The Bertz CT molecular complexity index is 1150. The maximum atomic E-state index is 13.3. The van der Waals surface area contributed by atoms with Gasteiger partial charge in [0.2, 0.25) is 5.91 Å². The van der Waals surface area contributed by atoms with E-state index in [0.717, 1.165) is 32.3 Å². The zero-order chi connectivity index (χ0) is 22.7. The molecule has 0 unspecified atom stereocenters. The van der Waals surface area contributed by atoms with Crippen molar-refractivity contribution in [2.45, 2.75) is 39.5 Å². The summed E-state index contributed by atoms with van der Waals surface area (Å²) in [5.74, 6) is -0.236. The standard InChI is InChI=1S/C26H25BrN2O3/c1-17-12-22(27)23(13-18(17)2)28-25(30)24-14-20-10-6-7-11-21(20)15-29(24)26(31)32-16-19-8-4-3-5-9-19/h3-13,24H,14-16H2,1-2H3,(H,28,30)/t24-/m0/s1. The molecule has 0 aromatic heterocycles. The number of hydrogen-bond donors (Lipinski definition) is 1. The fraction of sp³-hybridized carbons (Fsp3) is 0.231. The summed E-state index contributed by atoms with van der Waals surface area (Å²) >= 11 is 3.53. The first-order valence-electron chi connectivity index (χ1n) is 10.5. The van der Waals surface area contributed by atoms with Crippen LogP contribution < -0.4 is 5.32 Å². The summed E-state index contributed by atoms with van der Waals surface area (Å²) < 4.78 is 6.38. The van der Waals surface area contributed by atoms with Crippen LogP contribution in [0.5, 0.6) is 0 Å². The predicted molar refractivity (Wildman–Crippen MR) is 128 cm³/mol. The fourth-order valence-corrected chi connectivity index (χ4v) is 4.40. The molecule has 3 aromatic rings. The summed E-state index contributed by atoms with van der Waals surface area (Å²) in [7, 11) is 0. The van der Waals surface area contributed by atoms with Gasteiger partial charge in [0, 0.05) is 10.9 Å². The Morgan fingerprint density at radius 1 is 1.00 bits per heavy atom. The third kappa shape index (κ3) is 4.86. The van der Waals surface area contributed by atoms with Crippen LogP contribution in [0.25, 0.3) is 0 Å². The number of rotatable bonds is 4. The van der Waals surface area contributed by atoms with Gasteiger partial charge in [0.1, 0.15) is 12.6 Å². The number of nitrogens with one attached hydrogen (secondary N) is 1. The number of nitrogens with zero attached hydrogens (tertiary/aromatic N) is 1. The van der Waals surface area contributed by atoms with Crippen molar-refractivity contribution in [3.8, 4) is 0 Å². The van der Waals surface area contributed by atoms with Crippen molar-refractivity contribution in [1.82, 2.24) is 4.90 Å². The SMILES string of the molecule is Cc1cc(Br)c(NC(=O)[C@@H]2Cc3ccccc3CN2C(=O)OCc2ccccc2)cc1C. The molecule has 3 aromatic carbocycles. The number of carbonyl (C=O) groups excluding carboxylic acids is 2.